The third-order valence-corrected chi connectivity index (χ3v) is 4.12. The van der Waals surface area contributed by atoms with Crippen molar-refractivity contribution < 1.29 is 9.90 Å². The molecule has 2 nitrogen and oxygen atoms in total. The highest BCUT2D eigenvalue weighted by atomic mass is 32.2. The minimum Gasteiger partial charge on any atom is -0.480 e. The van der Waals surface area contributed by atoms with Gasteiger partial charge in [0.1, 0.15) is 4.75 Å². The van der Waals surface area contributed by atoms with Crippen LogP contribution in [-0.4, -0.2) is 15.8 Å². The summed E-state index contributed by atoms with van der Waals surface area (Å²) < 4.78 is -0.721. The predicted octanol–water partition coefficient (Wildman–Crippen LogP) is 3.73. The maximum Gasteiger partial charge on any atom is 0.319 e. The zero-order valence-corrected chi connectivity index (χ0v) is 10.8. The van der Waals surface area contributed by atoms with Crippen LogP contribution in [0.25, 0.3) is 0 Å². The predicted molar refractivity (Wildman–Crippen MR) is 68.0 cm³/mol. The van der Waals surface area contributed by atoms with Crippen molar-refractivity contribution >= 4 is 17.7 Å². The summed E-state index contributed by atoms with van der Waals surface area (Å²) in [6.45, 7) is 5.83. The highest BCUT2D eigenvalue weighted by molar-refractivity contribution is 8.01. The van der Waals surface area contributed by atoms with E-state index in [0.29, 0.717) is 6.42 Å². The summed E-state index contributed by atoms with van der Waals surface area (Å²) in [5, 5.41) is 9.29. The Bertz CT molecular complexity index is 376. The van der Waals surface area contributed by atoms with Crippen LogP contribution in [0.4, 0.5) is 0 Å². The zero-order chi connectivity index (χ0) is 12.2. The van der Waals surface area contributed by atoms with Crippen LogP contribution >= 0.6 is 11.8 Å². The second-order valence-corrected chi connectivity index (χ2v) is 5.70. The summed E-state index contributed by atoms with van der Waals surface area (Å²) in [4.78, 5) is 12.4. The lowest BCUT2D eigenvalue weighted by Gasteiger charge is -2.24. The Balaban J connectivity index is 2.92. The molecule has 0 amide bonds. The van der Waals surface area contributed by atoms with Crippen LogP contribution < -0.4 is 0 Å². The Labute approximate surface area is 101 Å². The summed E-state index contributed by atoms with van der Waals surface area (Å²) >= 11 is 1.45. The molecule has 0 fully saturated rings. The number of rotatable bonds is 5. The largest absolute Gasteiger partial charge is 0.480 e. The fourth-order valence-corrected chi connectivity index (χ4v) is 2.85. The number of hydrogen-bond acceptors (Lipinski definition) is 2. The van der Waals surface area contributed by atoms with Crippen molar-refractivity contribution in [1.82, 2.24) is 0 Å². The summed E-state index contributed by atoms with van der Waals surface area (Å²) in [5.41, 5.74) is 1.14. The normalized spacial score (nSPS) is 14.4. The minimum absolute atomic E-state index is 0.682. The molecule has 0 aromatic heterocycles. The number of carboxylic acid groups (broad SMARTS) is 1. The number of aliphatic carboxylic acids is 1. The van der Waals surface area contributed by atoms with Crippen LogP contribution in [0.1, 0.15) is 32.3 Å². The molecule has 0 spiro atoms. The summed E-state index contributed by atoms with van der Waals surface area (Å²) in [5.74, 6) is -0.734. The van der Waals surface area contributed by atoms with Crippen LogP contribution in [0.5, 0.6) is 0 Å². The Morgan fingerprint density at radius 2 is 2.06 bits per heavy atom. The van der Waals surface area contributed by atoms with Gasteiger partial charge >= 0.3 is 5.97 Å². The van der Waals surface area contributed by atoms with Crippen LogP contribution in [0.2, 0.25) is 0 Å². The SMILES string of the molecule is CCCC(C)(Sc1ccccc1C)C(=O)O. The van der Waals surface area contributed by atoms with Gasteiger partial charge in [0.15, 0.2) is 0 Å². The Morgan fingerprint density at radius 1 is 1.44 bits per heavy atom. The van der Waals surface area contributed by atoms with Gasteiger partial charge in [-0.3, -0.25) is 4.79 Å². The first-order valence-corrected chi connectivity index (χ1v) is 6.29. The van der Waals surface area contributed by atoms with E-state index in [4.69, 9.17) is 0 Å². The van der Waals surface area contributed by atoms with Gasteiger partial charge in [-0.15, -0.1) is 11.8 Å². The number of hydrogen-bond donors (Lipinski definition) is 1. The molecule has 0 aliphatic heterocycles. The topological polar surface area (TPSA) is 37.3 Å². The quantitative estimate of drug-likeness (QED) is 0.794. The van der Waals surface area contributed by atoms with Gasteiger partial charge in [0.2, 0.25) is 0 Å². The molecule has 1 atom stereocenters. The van der Waals surface area contributed by atoms with E-state index in [-0.39, 0.29) is 0 Å². The number of thioether (sulfide) groups is 1. The van der Waals surface area contributed by atoms with Crippen molar-refractivity contribution in [3.63, 3.8) is 0 Å². The molecule has 0 saturated carbocycles. The molecule has 1 unspecified atom stereocenters. The van der Waals surface area contributed by atoms with Crippen molar-refractivity contribution in [1.29, 1.82) is 0 Å². The standard InChI is InChI=1S/C13H18O2S/c1-4-9-13(3,12(14)15)16-11-8-6-5-7-10(11)2/h5-8H,4,9H2,1-3H3,(H,14,15). The monoisotopic (exact) mass is 238 g/mol. The number of aryl methyl sites for hydroxylation is 1. The van der Waals surface area contributed by atoms with E-state index in [1.54, 1.807) is 6.92 Å². The third kappa shape index (κ3) is 3.01. The molecule has 16 heavy (non-hydrogen) atoms. The van der Waals surface area contributed by atoms with Crippen LogP contribution in [0, 0.1) is 6.92 Å². The zero-order valence-electron chi connectivity index (χ0n) is 9.99. The van der Waals surface area contributed by atoms with Gasteiger partial charge in [-0.2, -0.15) is 0 Å². The summed E-state index contributed by atoms with van der Waals surface area (Å²) in [7, 11) is 0. The smallest absolute Gasteiger partial charge is 0.319 e. The van der Waals surface area contributed by atoms with Crippen molar-refractivity contribution in [3.05, 3.63) is 29.8 Å². The van der Waals surface area contributed by atoms with Gasteiger partial charge in [0.05, 0.1) is 0 Å². The van der Waals surface area contributed by atoms with Crippen molar-refractivity contribution in [2.75, 3.05) is 0 Å². The fraction of sp³-hybridized carbons (Fsp3) is 0.462. The second kappa shape index (κ2) is 5.39. The minimum atomic E-state index is -0.734. The van der Waals surface area contributed by atoms with Gasteiger partial charge in [-0.05, 0) is 31.9 Å². The molecule has 0 radical (unpaired) electrons. The van der Waals surface area contributed by atoms with Gasteiger partial charge in [-0.25, -0.2) is 0 Å². The lowest BCUT2D eigenvalue weighted by Crippen LogP contribution is -2.31. The van der Waals surface area contributed by atoms with Crippen LogP contribution in [-0.2, 0) is 4.79 Å². The molecule has 0 saturated heterocycles. The second-order valence-electron chi connectivity index (χ2n) is 4.15. The van der Waals surface area contributed by atoms with E-state index < -0.39 is 10.7 Å². The highest BCUT2D eigenvalue weighted by Crippen LogP contribution is 2.38. The molecule has 88 valence electrons. The van der Waals surface area contributed by atoms with E-state index in [1.165, 1.54) is 11.8 Å². The Kier molecular flexibility index (Phi) is 4.42. The maximum atomic E-state index is 11.3. The van der Waals surface area contributed by atoms with Gasteiger partial charge < -0.3 is 5.11 Å². The molecule has 0 aliphatic rings. The summed E-state index contributed by atoms with van der Waals surface area (Å²) in [6.07, 6.45) is 1.56. The molecule has 0 heterocycles. The molecule has 3 heteroatoms. The summed E-state index contributed by atoms with van der Waals surface area (Å²) in [6, 6.07) is 7.91. The van der Waals surface area contributed by atoms with Crippen molar-refractivity contribution in [3.8, 4) is 0 Å². The van der Waals surface area contributed by atoms with Crippen LogP contribution in [0.3, 0.4) is 0 Å². The van der Waals surface area contributed by atoms with Gasteiger partial charge in [0, 0.05) is 4.90 Å². The van der Waals surface area contributed by atoms with E-state index in [2.05, 4.69) is 0 Å². The van der Waals surface area contributed by atoms with E-state index >= 15 is 0 Å². The van der Waals surface area contributed by atoms with Crippen molar-refractivity contribution in [2.45, 2.75) is 43.3 Å². The number of carbonyl (C=O) groups is 1. The number of carboxylic acids is 1. The lowest BCUT2D eigenvalue weighted by atomic mass is 10.1. The van der Waals surface area contributed by atoms with Gasteiger partial charge in [0.25, 0.3) is 0 Å². The third-order valence-electron chi connectivity index (χ3n) is 2.61. The highest BCUT2D eigenvalue weighted by Gasteiger charge is 2.33. The molecule has 1 rings (SSSR count). The van der Waals surface area contributed by atoms with E-state index in [1.807, 2.05) is 38.1 Å². The molecular formula is C13H18O2S. The Hall–Kier alpha value is -0.960. The molecule has 1 aromatic carbocycles. The maximum absolute atomic E-state index is 11.3. The molecule has 0 bridgehead atoms. The average molecular weight is 238 g/mol. The van der Waals surface area contributed by atoms with Crippen molar-refractivity contribution in [2.24, 2.45) is 0 Å². The van der Waals surface area contributed by atoms with E-state index in [0.717, 1.165) is 16.9 Å². The van der Waals surface area contributed by atoms with E-state index in [9.17, 15) is 9.90 Å². The number of benzene rings is 1. The molecular weight excluding hydrogens is 220 g/mol. The first kappa shape index (κ1) is 13.1. The fourth-order valence-electron chi connectivity index (χ4n) is 1.59. The first-order chi connectivity index (χ1) is 7.49. The lowest BCUT2D eigenvalue weighted by molar-refractivity contribution is -0.139. The molecule has 1 N–H and O–H groups in total. The average Bonchev–Trinajstić information content (AvgIpc) is 2.21. The Morgan fingerprint density at radius 3 is 2.56 bits per heavy atom. The molecule has 1 aromatic rings. The van der Waals surface area contributed by atoms with Crippen LogP contribution in [0.15, 0.2) is 29.2 Å². The van der Waals surface area contributed by atoms with Gasteiger partial charge in [-0.1, -0.05) is 31.5 Å². The molecule has 0 aliphatic carbocycles. The first-order valence-electron chi connectivity index (χ1n) is 5.47.